The lowest BCUT2D eigenvalue weighted by Gasteiger charge is -2.33. The number of carbonyl (C=O) groups is 3. The van der Waals surface area contributed by atoms with Crippen LogP contribution in [0, 0.1) is 5.82 Å². The summed E-state index contributed by atoms with van der Waals surface area (Å²) >= 11 is 0. The highest BCUT2D eigenvalue weighted by atomic mass is 32.2. The minimum absolute atomic E-state index is 0.0491. The van der Waals surface area contributed by atoms with E-state index in [2.05, 4.69) is 5.32 Å². The number of sulfonamides is 1. The van der Waals surface area contributed by atoms with E-state index in [1.807, 2.05) is 44.2 Å². The van der Waals surface area contributed by atoms with E-state index in [1.54, 1.807) is 12.1 Å². The molecular formula is C30H32FN3O5S. The van der Waals surface area contributed by atoms with E-state index < -0.39 is 46.1 Å². The van der Waals surface area contributed by atoms with E-state index in [0.29, 0.717) is 10.7 Å². The predicted molar refractivity (Wildman–Crippen MR) is 148 cm³/mol. The molecule has 4 rings (SSSR count). The molecule has 10 heteroatoms. The number of nitrogens with one attached hydrogen (secondary N) is 1. The fourth-order valence-corrected chi connectivity index (χ4v) is 6.17. The van der Waals surface area contributed by atoms with Gasteiger partial charge < -0.3 is 10.2 Å². The molecule has 3 aromatic rings. The molecule has 0 spiro atoms. The van der Waals surface area contributed by atoms with Crippen LogP contribution in [0.25, 0.3) is 0 Å². The zero-order chi connectivity index (χ0) is 28.9. The van der Waals surface area contributed by atoms with E-state index in [4.69, 9.17) is 0 Å². The molecule has 40 heavy (non-hydrogen) atoms. The van der Waals surface area contributed by atoms with Gasteiger partial charge in [-0.2, -0.15) is 0 Å². The number of hydrogen-bond donors (Lipinski definition) is 1. The van der Waals surface area contributed by atoms with Crippen molar-refractivity contribution in [2.45, 2.75) is 56.6 Å². The minimum atomic E-state index is -4.11. The Kier molecular flexibility index (Phi) is 8.99. The standard InChI is InChI=1S/C30H32FN3O5S/c1-3-21(2)32-29(36)26(19-22-11-5-4-6-12-22)33(20-23-13-7-9-15-25(23)31)28(35)17-18-34-30(37)24-14-8-10-16-27(24)40(34,38)39/h4-16,21,26H,3,17-20H2,1-2H3,(H,32,36)/t21-,26-/m1/s1. The van der Waals surface area contributed by atoms with Gasteiger partial charge in [-0.3, -0.25) is 14.4 Å². The quantitative estimate of drug-likeness (QED) is 0.380. The normalized spacial score (nSPS) is 15.3. The molecule has 0 radical (unpaired) electrons. The fraction of sp³-hybridized carbons (Fsp3) is 0.300. The Morgan fingerprint density at radius 1 is 0.975 bits per heavy atom. The zero-order valence-corrected chi connectivity index (χ0v) is 23.2. The van der Waals surface area contributed by atoms with Crippen molar-refractivity contribution in [1.82, 2.24) is 14.5 Å². The van der Waals surface area contributed by atoms with Gasteiger partial charge in [-0.1, -0.05) is 67.6 Å². The Bertz CT molecular complexity index is 1500. The van der Waals surface area contributed by atoms with Gasteiger partial charge in [0.05, 0.1) is 5.56 Å². The summed E-state index contributed by atoms with van der Waals surface area (Å²) in [5, 5.41) is 2.93. The Hall–Kier alpha value is -4.05. The molecule has 8 nitrogen and oxygen atoms in total. The molecule has 2 atom stereocenters. The first-order chi connectivity index (χ1) is 19.1. The van der Waals surface area contributed by atoms with E-state index >= 15 is 0 Å². The highest BCUT2D eigenvalue weighted by Crippen LogP contribution is 2.30. The molecule has 0 aromatic heterocycles. The number of fused-ring (bicyclic) bond motifs is 1. The van der Waals surface area contributed by atoms with Crippen LogP contribution in [-0.4, -0.2) is 54.0 Å². The van der Waals surface area contributed by atoms with Gasteiger partial charge in [0.2, 0.25) is 11.8 Å². The number of hydrogen-bond acceptors (Lipinski definition) is 5. The summed E-state index contributed by atoms with van der Waals surface area (Å²) in [6.07, 6.45) is 0.450. The number of benzene rings is 3. The van der Waals surface area contributed by atoms with Gasteiger partial charge in [0, 0.05) is 37.5 Å². The summed E-state index contributed by atoms with van der Waals surface area (Å²) in [4.78, 5) is 41.4. The number of rotatable bonds is 11. The third-order valence-electron chi connectivity index (χ3n) is 7.01. The van der Waals surface area contributed by atoms with Crippen LogP contribution in [0.2, 0.25) is 0 Å². The van der Waals surface area contributed by atoms with Crippen LogP contribution in [0.3, 0.4) is 0 Å². The van der Waals surface area contributed by atoms with Gasteiger partial charge in [0.25, 0.3) is 15.9 Å². The minimum Gasteiger partial charge on any atom is -0.352 e. The highest BCUT2D eigenvalue weighted by molar-refractivity contribution is 7.90. The van der Waals surface area contributed by atoms with Gasteiger partial charge >= 0.3 is 0 Å². The van der Waals surface area contributed by atoms with Gasteiger partial charge in [0.15, 0.2) is 0 Å². The van der Waals surface area contributed by atoms with Gasteiger partial charge in [0.1, 0.15) is 16.8 Å². The van der Waals surface area contributed by atoms with Crippen molar-refractivity contribution < 1.29 is 27.2 Å². The molecule has 0 saturated carbocycles. The van der Waals surface area contributed by atoms with E-state index in [0.717, 1.165) is 5.56 Å². The van der Waals surface area contributed by atoms with Crippen molar-refractivity contribution in [3.63, 3.8) is 0 Å². The average Bonchev–Trinajstić information content (AvgIpc) is 3.15. The van der Waals surface area contributed by atoms with Crippen molar-refractivity contribution in [2.75, 3.05) is 6.54 Å². The molecule has 1 heterocycles. The molecule has 3 aromatic carbocycles. The second-order valence-electron chi connectivity index (χ2n) is 9.76. The van der Waals surface area contributed by atoms with E-state index in [1.165, 1.54) is 41.3 Å². The number of halogens is 1. The van der Waals surface area contributed by atoms with Crippen molar-refractivity contribution >= 4 is 27.7 Å². The third kappa shape index (κ3) is 6.22. The topological polar surface area (TPSA) is 104 Å². The number of amides is 3. The van der Waals surface area contributed by atoms with Crippen molar-refractivity contribution in [3.8, 4) is 0 Å². The van der Waals surface area contributed by atoms with Gasteiger partial charge in [-0.15, -0.1) is 0 Å². The molecule has 1 aliphatic heterocycles. The van der Waals surface area contributed by atoms with Crippen molar-refractivity contribution in [2.24, 2.45) is 0 Å². The first-order valence-electron chi connectivity index (χ1n) is 13.2. The summed E-state index contributed by atoms with van der Waals surface area (Å²) in [5.74, 6) is -2.23. The van der Waals surface area contributed by atoms with Crippen molar-refractivity contribution in [1.29, 1.82) is 0 Å². The molecule has 1 N–H and O–H groups in total. The third-order valence-corrected chi connectivity index (χ3v) is 8.85. The summed E-state index contributed by atoms with van der Waals surface area (Å²) in [6, 6.07) is 19.8. The van der Waals surface area contributed by atoms with Crippen LogP contribution in [0.1, 0.15) is 48.2 Å². The molecular weight excluding hydrogens is 533 g/mol. The lowest BCUT2D eigenvalue weighted by Crippen LogP contribution is -2.52. The zero-order valence-electron chi connectivity index (χ0n) is 22.4. The molecule has 0 saturated heterocycles. The summed E-state index contributed by atoms with van der Waals surface area (Å²) in [7, 11) is -4.11. The molecule has 1 aliphatic rings. The Labute approximate surface area is 233 Å². The number of carbonyl (C=O) groups excluding carboxylic acids is 3. The maximum Gasteiger partial charge on any atom is 0.269 e. The maximum atomic E-state index is 14.7. The summed E-state index contributed by atoms with van der Waals surface area (Å²) in [5.41, 5.74) is 1.06. The van der Waals surface area contributed by atoms with Gasteiger partial charge in [-0.25, -0.2) is 17.1 Å². The number of nitrogens with zero attached hydrogens (tertiary/aromatic N) is 2. The lowest BCUT2D eigenvalue weighted by atomic mass is 10.0. The molecule has 0 aliphatic carbocycles. The highest BCUT2D eigenvalue weighted by Gasteiger charge is 2.41. The van der Waals surface area contributed by atoms with Crippen LogP contribution in [0.5, 0.6) is 0 Å². The molecule has 3 amide bonds. The second kappa shape index (κ2) is 12.4. The first-order valence-corrected chi connectivity index (χ1v) is 14.6. The first kappa shape index (κ1) is 28.9. The predicted octanol–water partition coefficient (Wildman–Crippen LogP) is 3.92. The molecule has 0 fully saturated rings. The lowest BCUT2D eigenvalue weighted by molar-refractivity contribution is -0.141. The largest absolute Gasteiger partial charge is 0.352 e. The molecule has 210 valence electrons. The van der Waals surface area contributed by atoms with E-state index in [-0.39, 0.29) is 41.5 Å². The summed E-state index contributed by atoms with van der Waals surface area (Å²) < 4.78 is 41.5. The average molecular weight is 566 g/mol. The van der Waals surface area contributed by atoms with Crippen LogP contribution in [0.15, 0.2) is 83.8 Å². The van der Waals surface area contributed by atoms with Crippen LogP contribution >= 0.6 is 0 Å². The molecule has 0 bridgehead atoms. The molecule has 0 unspecified atom stereocenters. The Balaban J connectivity index is 1.65. The van der Waals surface area contributed by atoms with Crippen LogP contribution in [-0.2, 0) is 32.6 Å². The van der Waals surface area contributed by atoms with Crippen LogP contribution < -0.4 is 5.32 Å². The fourth-order valence-electron chi connectivity index (χ4n) is 4.60. The maximum absolute atomic E-state index is 14.7. The smallest absolute Gasteiger partial charge is 0.269 e. The SMILES string of the molecule is CC[C@@H](C)NC(=O)[C@@H](Cc1ccccc1)N(Cc1ccccc1F)C(=O)CCN1C(=O)c2ccccc2S1(=O)=O. The van der Waals surface area contributed by atoms with Crippen molar-refractivity contribution in [3.05, 3.63) is 101 Å². The van der Waals surface area contributed by atoms with Gasteiger partial charge in [-0.05, 0) is 37.1 Å². The Morgan fingerprint density at radius 3 is 2.30 bits per heavy atom. The van der Waals surface area contributed by atoms with E-state index in [9.17, 15) is 27.2 Å². The summed E-state index contributed by atoms with van der Waals surface area (Å²) in [6.45, 7) is 3.15. The second-order valence-corrected chi connectivity index (χ2v) is 11.6. The monoisotopic (exact) mass is 565 g/mol. The Morgan fingerprint density at radius 2 is 1.62 bits per heavy atom. The van der Waals surface area contributed by atoms with Crippen LogP contribution in [0.4, 0.5) is 4.39 Å².